The summed E-state index contributed by atoms with van der Waals surface area (Å²) in [5.41, 5.74) is 0.714. The number of Topliss-reactive ketones (excluding diaryl/α,β-unsaturated/α-hetero) is 1. The maximum Gasteiger partial charge on any atom is 0.159 e. The summed E-state index contributed by atoms with van der Waals surface area (Å²) in [5, 5.41) is 0. The molecule has 0 unspecified atom stereocenters. The van der Waals surface area contributed by atoms with Gasteiger partial charge in [-0.1, -0.05) is 26.0 Å². The van der Waals surface area contributed by atoms with Crippen molar-refractivity contribution in [2.45, 2.75) is 33.6 Å². The highest BCUT2D eigenvalue weighted by Crippen LogP contribution is 2.21. The summed E-state index contributed by atoms with van der Waals surface area (Å²) in [6.07, 6.45) is 2.38. The molecule has 0 N–H and O–H groups in total. The highest BCUT2D eigenvalue weighted by molar-refractivity contribution is 5.94. The zero-order valence-electron chi connectivity index (χ0n) is 13.5. The topological polar surface area (TPSA) is 29.5 Å². The molecule has 1 heterocycles. The standard InChI is InChI=1S/C18H27NO2/c1-14-10-15(2)13-19(12-14)8-5-9-21-18-7-4-6-17(11-18)16(3)20/h4,6-7,11,14-15H,5,8-10,12-13H2,1-3H3/t14-,15-/m0/s1. The Labute approximate surface area is 128 Å². The number of ether oxygens (including phenoxy) is 1. The van der Waals surface area contributed by atoms with Crippen molar-refractivity contribution in [2.24, 2.45) is 11.8 Å². The Morgan fingerprint density at radius 3 is 2.67 bits per heavy atom. The smallest absolute Gasteiger partial charge is 0.159 e. The van der Waals surface area contributed by atoms with Gasteiger partial charge in [-0.2, -0.15) is 0 Å². The minimum Gasteiger partial charge on any atom is -0.494 e. The maximum atomic E-state index is 11.3. The molecule has 1 aromatic rings. The monoisotopic (exact) mass is 289 g/mol. The van der Waals surface area contributed by atoms with Crippen LogP contribution in [0.3, 0.4) is 0 Å². The molecule has 1 fully saturated rings. The number of benzene rings is 1. The first-order valence-corrected chi connectivity index (χ1v) is 8.00. The minimum atomic E-state index is 0.0803. The van der Waals surface area contributed by atoms with Gasteiger partial charge in [0.05, 0.1) is 6.61 Å². The van der Waals surface area contributed by atoms with E-state index in [4.69, 9.17) is 4.74 Å². The minimum absolute atomic E-state index is 0.0803. The van der Waals surface area contributed by atoms with Crippen molar-refractivity contribution in [3.63, 3.8) is 0 Å². The fraction of sp³-hybridized carbons (Fsp3) is 0.611. The molecule has 0 bridgehead atoms. The summed E-state index contributed by atoms with van der Waals surface area (Å²) in [5.74, 6) is 2.49. The molecule has 0 aromatic heterocycles. The lowest BCUT2D eigenvalue weighted by atomic mass is 9.92. The van der Waals surface area contributed by atoms with E-state index in [0.717, 1.165) is 30.6 Å². The van der Waals surface area contributed by atoms with E-state index in [9.17, 15) is 4.79 Å². The van der Waals surface area contributed by atoms with E-state index in [0.29, 0.717) is 12.2 Å². The number of hydrogen-bond acceptors (Lipinski definition) is 3. The number of ketones is 1. The quantitative estimate of drug-likeness (QED) is 0.591. The first-order chi connectivity index (χ1) is 10.0. The largest absolute Gasteiger partial charge is 0.494 e. The number of piperidine rings is 1. The zero-order valence-corrected chi connectivity index (χ0v) is 13.5. The van der Waals surface area contributed by atoms with Crippen LogP contribution in [0.1, 0.15) is 44.0 Å². The van der Waals surface area contributed by atoms with Crippen LogP contribution in [0.2, 0.25) is 0 Å². The lowest BCUT2D eigenvalue weighted by molar-refractivity contribution is 0.101. The normalized spacial score (nSPS) is 23.0. The fourth-order valence-corrected chi connectivity index (χ4v) is 3.26. The Kier molecular flexibility index (Phi) is 5.80. The van der Waals surface area contributed by atoms with Gasteiger partial charge in [0.25, 0.3) is 0 Å². The van der Waals surface area contributed by atoms with E-state index >= 15 is 0 Å². The predicted molar refractivity (Wildman–Crippen MR) is 85.9 cm³/mol. The van der Waals surface area contributed by atoms with Crippen LogP contribution in [0.15, 0.2) is 24.3 Å². The Morgan fingerprint density at radius 1 is 1.29 bits per heavy atom. The van der Waals surface area contributed by atoms with Crippen molar-refractivity contribution in [2.75, 3.05) is 26.2 Å². The fourth-order valence-electron chi connectivity index (χ4n) is 3.26. The van der Waals surface area contributed by atoms with Crippen LogP contribution in [0.25, 0.3) is 0 Å². The van der Waals surface area contributed by atoms with Gasteiger partial charge in [-0.25, -0.2) is 0 Å². The van der Waals surface area contributed by atoms with Gasteiger partial charge in [0.15, 0.2) is 5.78 Å². The Bertz CT molecular complexity index is 462. The number of hydrogen-bond donors (Lipinski definition) is 0. The third-order valence-corrected chi connectivity index (χ3v) is 4.07. The SMILES string of the molecule is CC(=O)c1cccc(OCCCN2C[C@@H](C)C[C@H](C)C2)c1. The number of carbonyl (C=O) groups is 1. The van der Waals surface area contributed by atoms with Crippen LogP contribution in [-0.4, -0.2) is 36.9 Å². The van der Waals surface area contributed by atoms with Crippen molar-refractivity contribution in [3.8, 4) is 5.75 Å². The number of likely N-dealkylation sites (tertiary alicyclic amines) is 1. The summed E-state index contributed by atoms with van der Waals surface area (Å²) in [7, 11) is 0. The molecule has 3 heteroatoms. The molecular weight excluding hydrogens is 262 g/mol. The average molecular weight is 289 g/mol. The van der Waals surface area contributed by atoms with Crippen LogP contribution in [0.5, 0.6) is 5.75 Å². The molecule has 0 aliphatic carbocycles. The number of nitrogens with zero attached hydrogens (tertiary/aromatic N) is 1. The molecule has 1 aliphatic rings. The molecule has 21 heavy (non-hydrogen) atoms. The summed E-state index contributed by atoms with van der Waals surface area (Å²) in [6.45, 7) is 10.5. The Morgan fingerprint density at radius 2 is 2.00 bits per heavy atom. The van der Waals surface area contributed by atoms with Crippen molar-refractivity contribution < 1.29 is 9.53 Å². The van der Waals surface area contributed by atoms with Crippen LogP contribution >= 0.6 is 0 Å². The molecule has 1 saturated heterocycles. The molecule has 116 valence electrons. The highest BCUT2D eigenvalue weighted by Gasteiger charge is 2.20. The Balaban J connectivity index is 1.72. The van der Waals surface area contributed by atoms with Crippen molar-refractivity contribution >= 4 is 5.78 Å². The zero-order chi connectivity index (χ0) is 15.2. The third kappa shape index (κ3) is 5.16. The van der Waals surface area contributed by atoms with Crippen LogP contribution < -0.4 is 4.74 Å². The highest BCUT2D eigenvalue weighted by atomic mass is 16.5. The van der Waals surface area contributed by atoms with Gasteiger partial charge in [-0.3, -0.25) is 4.79 Å². The van der Waals surface area contributed by atoms with Gasteiger partial charge in [0.2, 0.25) is 0 Å². The lowest BCUT2D eigenvalue weighted by Gasteiger charge is -2.34. The molecule has 0 spiro atoms. The van der Waals surface area contributed by atoms with E-state index < -0.39 is 0 Å². The van der Waals surface area contributed by atoms with Crippen molar-refractivity contribution in [1.82, 2.24) is 4.90 Å². The van der Waals surface area contributed by atoms with Gasteiger partial charge < -0.3 is 9.64 Å². The van der Waals surface area contributed by atoms with Gasteiger partial charge >= 0.3 is 0 Å². The first-order valence-electron chi connectivity index (χ1n) is 8.00. The predicted octanol–water partition coefficient (Wildman–Crippen LogP) is 3.64. The average Bonchev–Trinajstić information content (AvgIpc) is 2.43. The van der Waals surface area contributed by atoms with Gasteiger partial charge in [0.1, 0.15) is 5.75 Å². The molecule has 3 nitrogen and oxygen atoms in total. The summed E-state index contributed by atoms with van der Waals surface area (Å²) in [6, 6.07) is 7.44. The van der Waals surface area contributed by atoms with Crippen LogP contribution in [0.4, 0.5) is 0 Å². The van der Waals surface area contributed by atoms with Crippen LogP contribution in [-0.2, 0) is 0 Å². The summed E-state index contributed by atoms with van der Waals surface area (Å²) < 4.78 is 5.76. The van der Waals surface area contributed by atoms with E-state index in [1.165, 1.54) is 19.5 Å². The Hall–Kier alpha value is -1.35. The van der Waals surface area contributed by atoms with E-state index in [1.54, 1.807) is 6.92 Å². The molecular formula is C18H27NO2. The first kappa shape index (κ1) is 16.0. The lowest BCUT2D eigenvalue weighted by Crippen LogP contribution is -2.39. The van der Waals surface area contributed by atoms with E-state index in [-0.39, 0.29) is 5.78 Å². The van der Waals surface area contributed by atoms with Crippen molar-refractivity contribution in [3.05, 3.63) is 29.8 Å². The van der Waals surface area contributed by atoms with Gasteiger partial charge in [-0.05, 0) is 43.7 Å². The molecule has 1 aromatic carbocycles. The molecule has 2 atom stereocenters. The van der Waals surface area contributed by atoms with E-state index in [1.807, 2.05) is 24.3 Å². The second kappa shape index (κ2) is 7.60. The van der Waals surface area contributed by atoms with E-state index in [2.05, 4.69) is 18.7 Å². The number of rotatable bonds is 6. The summed E-state index contributed by atoms with van der Waals surface area (Å²) >= 11 is 0. The number of carbonyl (C=O) groups excluding carboxylic acids is 1. The van der Waals surface area contributed by atoms with Crippen molar-refractivity contribution in [1.29, 1.82) is 0 Å². The second-order valence-corrected chi connectivity index (χ2v) is 6.49. The second-order valence-electron chi connectivity index (χ2n) is 6.49. The van der Waals surface area contributed by atoms with Gasteiger partial charge in [0, 0.05) is 25.2 Å². The molecule has 0 amide bonds. The summed E-state index contributed by atoms with van der Waals surface area (Å²) in [4.78, 5) is 13.9. The van der Waals surface area contributed by atoms with Crippen LogP contribution in [0, 0.1) is 11.8 Å². The molecule has 2 rings (SSSR count). The molecule has 0 saturated carbocycles. The third-order valence-electron chi connectivity index (χ3n) is 4.07. The maximum absolute atomic E-state index is 11.3. The molecule has 0 radical (unpaired) electrons. The molecule has 1 aliphatic heterocycles. The van der Waals surface area contributed by atoms with Gasteiger partial charge in [-0.15, -0.1) is 0 Å².